The van der Waals surface area contributed by atoms with Crippen molar-refractivity contribution in [3.63, 3.8) is 0 Å². The van der Waals surface area contributed by atoms with E-state index in [1.54, 1.807) is 11.8 Å². The molecule has 16 heavy (non-hydrogen) atoms. The second kappa shape index (κ2) is 6.43. The number of aromatic nitrogens is 1. The van der Waals surface area contributed by atoms with Crippen molar-refractivity contribution < 1.29 is 4.79 Å². The van der Waals surface area contributed by atoms with E-state index in [0.29, 0.717) is 12.4 Å². The van der Waals surface area contributed by atoms with Crippen molar-refractivity contribution in [3.05, 3.63) is 35.5 Å². The van der Waals surface area contributed by atoms with Crippen molar-refractivity contribution >= 4 is 27.7 Å². The van der Waals surface area contributed by atoms with E-state index in [4.69, 9.17) is 0 Å². The molecule has 0 N–H and O–H groups in total. The van der Waals surface area contributed by atoms with Gasteiger partial charge in [0.05, 0.1) is 0 Å². The normalized spacial score (nSPS) is 9.88. The lowest BCUT2D eigenvalue weighted by Gasteiger charge is -2.19. The molecule has 1 amide bonds. The minimum atomic E-state index is 0.00895. The summed E-state index contributed by atoms with van der Waals surface area (Å²) < 4.78 is 0.736. The second-order valence-corrected chi connectivity index (χ2v) is 4.23. The summed E-state index contributed by atoms with van der Waals surface area (Å²) in [5.74, 6) is 0.695. The summed E-state index contributed by atoms with van der Waals surface area (Å²) in [5, 5.41) is 0. The Morgan fingerprint density at radius 2 is 2.38 bits per heavy atom. The van der Waals surface area contributed by atoms with Crippen LogP contribution in [0.5, 0.6) is 0 Å². The first-order valence-corrected chi connectivity index (χ1v) is 5.96. The Hall–Kier alpha value is -1.16. The van der Waals surface area contributed by atoms with Crippen molar-refractivity contribution in [3.8, 4) is 0 Å². The van der Waals surface area contributed by atoms with E-state index in [1.165, 1.54) is 0 Å². The molecule has 4 heteroatoms. The average Bonchev–Trinajstić information content (AvgIpc) is 2.24. The number of unbranched alkanes of at least 4 members (excludes halogenated alkanes) is 1. The third kappa shape index (κ3) is 3.77. The van der Waals surface area contributed by atoms with E-state index in [0.717, 1.165) is 17.4 Å². The van der Waals surface area contributed by atoms with Crippen LogP contribution in [-0.4, -0.2) is 17.4 Å². The van der Waals surface area contributed by atoms with Gasteiger partial charge in [0, 0.05) is 13.5 Å². The molecular formula is C12H15BrN2O. The van der Waals surface area contributed by atoms with Gasteiger partial charge in [-0.05, 0) is 40.9 Å². The monoisotopic (exact) mass is 282 g/mol. The summed E-state index contributed by atoms with van der Waals surface area (Å²) >= 11 is 3.30. The second-order valence-electron chi connectivity index (χ2n) is 3.42. The fourth-order valence-corrected chi connectivity index (χ4v) is 1.71. The molecule has 1 heterocycles. The first-order chi connectivity index (χ1) is 7.65. The number of amides is 1. The first kappa shape index (κ1) is 12.9. The fourth-order valence-electron chi connectivity index (χ4n) is 1.37. The molecule has 0 saturated carbocycles. The molecule has 1 aromatic rings. The molecule has 0 spiro atoms. The van der Waals surface area contributed by atoms with Crippen molar-refractivity contribution in [1.29, 1.82) is 0 Å². The quantitative estimate of drug-likeness (QED) is 0.472. The lowest BCUT2D eigenvalue weighted by atomic mass is 10.3. The van der Waals surface area contributed by atoms with E-state index in [1.807, 2.05) is 24.3 Å². The number of pyridine rings is 1. The lowest BCUT2D eigenvalue weighted by Crippen LogP contribution is -2.30. The predicted molar refractivity (Wildman–Crippen MR) is 69.4 cm³/mol. The molecule has 1 rings (SSSR count). The number of hydrogen-bond donors (Lipinski definition) is 0. The third-order valence-electron chi connectivity index (χ3n) is 2.15. The Labute approximate surface area is 104 Å². The Bertz CT molecular complexity index is 379. The largest absolute Gasteiger partial charge is 0.297 e. The highest BCUT2D eigenvalue weighted by atomic mass is 79.9. The molecule has 0 atom stereocenters. The van der Waals surface area contributed by atoms with Crippen molar-refractivity contribution in [2.75, 3.05) is 11.4 Å². The number of carbonyl (C=O) groups excluding carboxylic acids is 1. The molecule has 0 saturated heterocycles. The Morgan fingerprint density at radius 3 is 2.94 bits per heavy atom. The highest BCUT2D eigenvalue weighted by Gasteiger charge is 2.11. The predicted octanol–water partition coefficient (Wildman–Crippen LogP) is 3.16. The number of halogens is 1. The van der Waals surface area contributed by atoms with Gasteiger partial charge in [0.15, 0.2) is 0 Å². The Morgan fingerprint density at radius 1 is 1.62 bits per heavy atom. The smallest absolute Gasteiger partial charge is 0.225 e. The van der Waals surface area contributed by atoms with E-state index in [2.05, 4.69) is 27.5 Å². The minimum absolute atomic E-state index is 0.00895. The highest BCUT2D eigenvalue weighted by molar-refractivity contribution is 9.10. The molecule has 1 aromatic heterocycles. The molecule has 0 fully saturated rings. The molecular weight excluding hydrogens is 268 g/mol. The van der Waals surface area contributed by atoms with E-state index in [9.17, 15) is 4.79 Å². The zero-order valence-corrected chi connectivity index (χ0v) is 10.9. The number of anilines is 1. The molecule has 0 aliphatic carbocycles. The zero-order valence-electron chi connectivity index (χ0n) is 9.32. The van der Waals surface area contributed by atoms with Gasteiger partial charge in [0.25, 0.3) is 0 Å². The number of hydrogen-bond acceptors (Lipinski definition) is 2. The van der Waals surface area contributed by atoms with Crippen LogP contribution in [0.25, 0.3) is 0 Å². The summed E-state index contributed by atoms with van der Waals surface area (Å²) in [6.45, 7) is 5.89. The number of carbonyl (C=O) groups is 1. The molecule has 0 unspecified atom stereocenters. The molecule has 0 aromatic carbocycles. The summed E-state index contributed by atoms with van der Waals surface area (Å²) in [5.41, 5.74) is 0. The van der Waals surface area contributed by atoms with Crippen LogP contribution in [0.2, 0.25) is 0 Å². The van der Waals surface area contributed by atoms with Crippen molar-refractivity contribution in [1.82, 2.24) is 4.98 Å². The number of nitrogens with zero attached hydrogens (tertiary/aromatic N) is 2. The van der Waals surface area contributed by atoms with Crippen LogP contribution in [0, 0.1) is 0 Å². The average molecular weight is 283 g/mol. The standard InChI is InChI=1S/C12H15BrN2O/c1-3-4-5-9-15(10(2)16)12-8-6-7-11(13)14-12/h3,6-8H,1,4-5,9H2,2H3. The van der Waals surface area contributed by atoms with Crippen LogP contribution in [0.15, 0.2) is 35.5 Å². The third-order valence-corrected chi connectivity index (χ3v) is 2.59. The maximum Gasteiger partial charge on any atom is 0.225 e. The van der Waals surface area contributed by atoms with Gasteiger partial charge in [-0.15, -0.1) is 6.58 Å². The fraction of sp³-hybridized carbons (Fsp3) is 0.333. The molecule has 0 radical (unpaired) electrons. The van der Waals surface area contributed by atoms with Gasteiger partial charge in [-0.2, -0.15) is 0 Å². The molecule has 3 nitrogen and oxygen atoms in total. The van der Waals surface area contributed by atoms with Gasteiger partial charge in [0.2, 0.25) is 5.91 Å². The van der Waals surface area contributed by atoms with E-state index < -0.39 is 0 Å². The SMILES string of the molecule is C=CCCCN(C(C)=O)c1cccc(Br)n1. The van der Waals surface area contributed by atoms with Crippen LogP contribution in [0.3, 0.4) is 0 Å². The zero-order chi connectivity index (χ0) is 12.0. The van der Waals surface area contributed by atoms with Gasteiger partial charge >= 0.3 is 0 Å². The van der Waals surface area contributed by atoms with E-state index in [-0.39, 0.29) is 5.91 Å². The van der Waals surface area contributed by atoms with Crippen molar-refractivity contribution in [2.45, 2.75) is 19.8 Å². The van der Waals surface area contributed by atoms with Gasteiger partial charge in [-0.25, -0.2) is 4.98 Å². The maximum atomic E-state index is 11.5. The topological polar surface area (TPSA) is 33.2 Å². The molecule has 0 aliphatic heterocycles. The lowest BCUT2D eigenvalue weighted by molar-refractivity contribution is -0.116. The molecule has 0 bridgehead atoms. The Kier molecular flexibility index (Phi) is 5.19. The van der Waals surface area contributed by atoms with Crippen molar-refractivity contribution in [2.24, 2.45) is 0 Å². The van der Waals surface area contributed by atoms with Crippen LogP contribution in [0.1, 0.15) is 19.8 Å². The number of allylic oxidation sites excluding steroid dienone is 1. The van der Waals surface area contributed by atoms with E-state index >= 15 is 0 Å². The summed E-state index contributed by atoms with van der Waals surface area (Å²) in [7, 11) is 0. The molecule has 86 valence electrons. The van der Waals surface area contributed by atoms with Gasteiger partial charge < -0.3 is 0 Å². The minimum Gasteiger partial charge on any atom is -0.297 e. The van der Waals surface area contributed by atoms with Crippen LogP contribution < -0.4 is 4.90 Å². The van der Waals surface area contributed by atoms with Crippen LogP contribution >= 0.6 is 15.9 Å². The van der Waals surface area contributed by atoms with Crippen LogP contribution in [-0.2, 0) is 4.79 Å². The van der Waals surface area contributed by atoms with Gasteiger partial charge in [-0.3, -0.25) is 9.69 Å². The summed E-state index contributed by atoms with van der Waals surface area (Å²) in [6, 6.07) is 5.54. The number of rotatable bonds is 5. The maximum absolute atomic E-state index is 11.5. The first-order valence-electron chi connectivity index (χ1n) is 5.16. The molecule has 0 aliphatic rings. The highest BCUT2D eigenvalue weighted by Crippen LogP contribution is 2.15. The summed E-state index contributed by atoms with van der Waals surface area (Å²) in [6.07, 6.45) is 3.65. The summed E-state index contributed by atoms with van der Waals surface area (Å²) in [4.78, 5) is 17.4. The van der Waals surface area contributed by atoms with Gasteiger partial charge in [0.1, 0.15) is 10.4 Å². The van der Waals surface area contributed by atoms with Crippen LogP contribution in [0.4, 0.5) is 5.82 Å². The Balaban J connectivity index is 2.77. The van der Waals surface area contributed by atoms with Gasteiger partial charge in [-0.1, -0.05) is 12.1 Å².